The van der Waals surface area contributed by atoms with Crippen LogP contribution < -0.4 is 10.6 Å². The second-order valence-corrected chi connectivity index (χ2v) is 7.38. The summed E-state index contributed by atoms with van der Waals surface area (Å²) in [7, 11) is -3.18. The number of urea groups is 1. The highest BCUT2D eigenvalue weighted by Crippen LogP contribution is 2.27. The maximum Gasteiger partial charge on any atom is 0.315 e. The average Bonchev–Trinajstić information content (AvgIpc) is 3.19. The van der Waals surface area contributed by atoms with Crippen molar-refractivity contribution in [3.05, 3.63) is 29.8 Å². The van der Waals surface area contributed by atoms with E-state index in [0.717, 1.165) is 12.1 Å². The van der Waals surface area contributed by atoms with Crippen LogP contribution in [0.15, 0.2) is 29.2 Å². The third kappa shape index (κ3) is 4.23. The van der Waals surface area contributed by atoms with E-state index in [1.165, 1.54) is 19.1 Å². The van der Waals surface area contributed by atoms with Crippen LogP contribution in [-0.2, 0) is 9.84 Å². The zero-order valence-corrected chi connectivity index (χ0v) is 12.5. The van der Waals surface area contributed by atoms with Gasteiger partial charge in [0.2, 0.25) is 0 Å². The summed E-state index contributed by atoms with van der Waals surface area (Å²) in [6.45, 7) is 2.59. The fourth-order valence-corrected chi connectivity index (χ4v) is 2.52. The van der Waals surface area contributed by atoms with Crippen molar-refractivity contribution in [2.24, 2.45) is 5.92 Å². The molecule has 1 aromatic carbocycles. The molecule has 1 aliphatic carbocycles. The minimum absolute atomic E-state index is 0.164. The Morgan fingerprint density at radius 2 is 1.90 bits per heavy atom. The topological polar surface area (TPSA) is 75.3 Å². The second kappa shape index (κ2) is 5.83. The molecular weight excluding hydrogens is 276 g/mol. The summed E-state index contributed by atoms with van der Waals surface area (Å²) in [5.74, 6) is 0.644. The molecule has 1 saturated carbocycles. The summed E-state index contributed by atoms with van der Waals surface area (Å²) in [6.07, 6.45) is 3.57. The molecular formula is C14H20N2O3S. The monoisotopic (exact) mass is 296 g/mol. The van der Waals surface area contributed by atoms with Crippen LogP contribution in [0.25, 0.3) is 0 Å². The van der Waals surface area contributed by atoms with Gasteiger partial charge in [-0.25, -0.2) is 13.2 Å². The molecule has 1 unspecified atom stereocenters. The lowest BCUT2D eigenvalue weighted by Gasteiger charge is -2.15. The van der Waals surface area contributed by atoms with Crippen molar-refractivity contribution in [1.82, 2.24) is 10.6 Å². The zero-order valence-electron chi connectivity index (χ0n) is 11.7. The Balaban J connectivity index is 1.91. The van der Waals surface area contributed by atoms with Gasteiger partial charge in [-0.2, -0.15) is 0 Å². The van der Waals surface area contributed by atoms with Crippen molar-refractivity contribution >= 4 is 15.9 Å². The molecule has 1 aromatic rings. The van der Waals surface area contributed by atoms with E-state index in [-0.39, 0.29) is 17.0 Å². The van der Waals surface area contributed by atoms with Gasteiger partial charge in [0.15, 0.2) is 9.84 Å². The summed E-state index contributed by atoms with van der Waals surface area (Å²) >= 11 is 0. The molecule has 0 aliphatic heterocycles. The van der Waals surface area contributed by atoms with E-state index in [9.17, 15) is 13.2 Å². The molecule has 0 bridgehead atoms. The Morgan fingerprint density at radius 3 is 2.40 bits per heavy atom. The van der Waals surface area contributed by atoms with E-state index in [0.29, 0.717) is 5.92 Å². The molecule has 1 aliphatic rings. The molecule has 1 fully saturated rings. The van der Waals surface area contributed by atoms with E-state index in [4.69, 9.17) is 0 Å². The summed E-state index contributed by atoms with van der Waals surface area (Å²) in [5, 5.41) is 5.67. The van der Waals surface area contributed by atoms with Crippen molar-refractivity contribution in [2.75, 3.05) is 12.8 Å². The number of carbonyl (C=O) groups is 1. The first-order valence-electron chi connectivity index (χ1n) is 6.70. The van der Waals surface area contributed by atoms with E-state index in [2.05, 4.69) is 10.6 Å². The number of benzene rings is 1. The number of hydrogen-bond acceptors (Lipinski definition) is 3. The summed E-state index contributed by atoms with van der Waals surface area (Å²) in [5.41, 5.74) is 0.874. The lowest BCUT2D eigenvalue weighted by molar-refractivity contribution is 0.237. The molecule has 2 rings (SSSR count). The quantitative estimate of drug-likeness (QED) is 0.871. The Bertz CT molecular complexity index is 577. The highest BCUT2D eigenvalue weighted by molar-refractivity contribution is 7.90. The van der Waals surface area contributed by atoms with Crippen LogP contribution in [-0.4, -0.2) is 27.2 Å². The van der Waals surface area contributed by atoms with E-state index in [1.54, 1.807) is 24.3 Å². The molecule has 6 heteroatoms. The van der Waals surface area contributed by atoms with Gasteiger partial charge in [-0.1, -0.05) is 12.1 Å². The molecule has 20 heavy (non-hydrogen) atoms. The Morgan fingerprint density at radius 1 is 1.30 bits per heavy atom. The first-order valence-corrected chi connectivity index (χ1v) is 8.60. The minimum Gasteiger partial charge on any atom is -0.338 e. The molecule has 2 amide bonds. The fraction of sp³-hybridized carbons (Fsp3) is 0.500. The Hall–Kier alpha value is -1.56. The van der Waals surface area contributed by atoms with Crippen molar-refractivity contribution in [1.29, 1.82) is 0 Å². The lowest BCUT2D eigenvalue weighted by atomic mass is 10.1. The summed E-state index contributed by atoms with van der Waals surface area (Å²) in [6, 6.07) is 6.22. The molecule has 1 atom stereocenters. The lowest BCUT2D eigenvalue weighted by Crippen LogP contribution is -2.38. The van der Waals surface area contributed by atoms with Crippen LogP contribution in [0, 0.1) is 5.92 Å². The van der Waals surface area contributed by atoms with Crippen molar-refractivity contribution in [3.8, 4) is 0 Å². The van der Waals surface area contributed by atoms with Gasteiger partial charge in [-0.15, -0.1) is 0 Å². The van der Waals surface area contributed by atoms with Crippen molar-refractivity contribution < 1.29 is 13.2 Å². The fourth-order valence-electron chi connectivity index (χ4n) is 1.89. The first-order chi connectivity index (χ1) is 9.36. The highest BCUT2D eigenvalue weighted by Gasteiger charge is 2.21. The standard InChI is InChI=1S/C14H20N2O3S/c1-10(16-14(17)15-9-11-3-4-11)12-5-7-13(8-6-12)20(2,18)19/h5-8,10-11H,3-4,9H2,1-2H3,(H2,15,16,17). The normalized spacial score (nSPS) is 16.5. The zero-order chi connectivity index (χ0) is 14.8. The molecule has 110 valence electrons. The minimum atomic E-state index is -3.18. The number of sulfone groups is 1. The van der Waals surface area contributed by atoms with Crippen molar-refractivity contribution in [2.45, 2.75) is 30.7 Å². The van der Waals surface area contributed by atoms with Crippen LogP contribution in [0.1, 0.15) is 31.4 Å². The van der Waals surface area contributed by atoms with E-state index >= 15 is 0 Å². The SMILES string of the molecule is CC(NC(=O)NCC1CC1)c1ccc(S(C)(=O)=O)cc1. The van der Waals surface area contributed by atoms with Gasteiger partial charge in [0, 0.05) is 12.8 Å². The molecule has 0 aromatic heterocycles. The molecule has 0 radical (unpaired) electrons. The van der Waals surface area contributed by atoms with Gasteiger partial charge in [0.1, 0.15) is 0 Å². The maximum atomic E-state index is 11.7. The highest BCUT2D eigenvalue weighted by atomic mass is 32.2. The number of nitrogens with one attached hydrogen (secondary N) is 2. The van der Waals surface area contributed by atoms with Gasteiger partial charge in [0.05, 0.1) is 10.9 Å². The van der Waals surface area contributed by atoms with Gasteiger partial charge in [0.25, 0.3) is 0 Å². The third-order valence-corrected chi connectivity index (χ3v) is 4.53. The Kier molecular flexibility index (Phi) is 4.32. The number of hydrogen-bond donors (Lipinski definition) is 2. The van der Waals surface area contributed by atoms with E-state index < -0.39 is 9.84 Å². The van der Waals surface area contributed by atoms with Gasteiger partial charge in [-0.05, 0) is 43.4 Å². The van der Waals surface area contributed by atoms with Crippen LogP contribution in [0.4, 0.5) is 4.79 Å². The average molecular weight is 296 g/mol. The van der Waals surface area contributed by atoms with Crippen molar-refractivity contribution in [3.63, 3.8) is 0 Å². The number of carbonyl (C=O) groups excluding carboxylic acids is 1. The molecule has 2 N–H and O–H groups in total. The predicted octanol–water partition coefficient (Wildman–Crippen LogP) is 1.86. The van der Waals surface area contributed by atoms with E-state index in [1.807, 2.05) is 6.92 Å². The predicted molar refractivity (Wildman–Crippen MR) is 77.2 cm³/mol. The Labute approximate surface area is 119 Å². The van der Waals surface area contributed by atoms with Gasteiger partial charge < -0.3 is 10.6 Å². The van der Waals surface area contributed by atoms with Crippen LogP contribution in [0.3, 0.4) is 0 Å². The van der Waals surface area contributed by atoms with Crippen LogP contribution in [0.2, 0.25) is 0 Å². The maximum absolute atomic E-state index is 11.7. The summed E-state index contributed by atoms with van der Waals surface area (Å²) < 4.78 is 22.7. The molecule has 0 heterocycles. The molecule has 0 spiro atoms. The smallest absolute Gasteiger partial charge is 0.315 e. The van der Waals surface area contributed by atoms with Gasteiger partial charge in [-0.3, -0.25) is 0 Å². The van der Waals surface area contributed by atoms with Crippen LogP contribution >= 0.6 is 0 Å². The van der Waals surface area contributed by atoms with Crippen LogP contribution in [0.5, 0.6) is 0 Å². The number of amides is 2. The third-order valence-electron chi connectivity index (χ3n) is 3.40. The second-order valence-electron chi connectivity index (χ2n) is 5.36. The largest absolute Gasteiger partial charge is 0.338 e. The molecule has 5 nitrogen and oxygen atoms in total. The van der Waals surface area contributed by atoms with Gasteiger partial charge >= 0.3 is 6.03 Å². The molecule has 0 saturated heterocycles. The first kappa shape index (κ1) is 14.8. The number of rotatable bonds is 5. The summed E-state index contributed by atoms with van der Waals surface area (Å²) in [4.78, 5) is 12.0.